The number of benzene rings is 1. The summed E-state index contributed by atoms with van der Waals surface area (Å²) in [6, 6.07) is 8.84. The second-order valence-corrected chi connectivity index (χ2v) is 6.68. The molecule has 1 aromatic carbocycles. The van der Waals surface area contributed by atoms with Crippen LogP contribution >= 0.6 is 15.9 Å². The van der Waals surface area contributed by atoms with Gasteiger partial charge in [-0.1, -0.05) is 59.6 Å². The van der Waals surface area contributed by atoms with E-state index in [1.54, 1.807) is 0 Å². The van der Waals surface area contributed by atoms with Gasteiger partial charge in [0.2, 0.25) is 0 Å². The number of hydrogen-bond donors (Lipinski definition) is 0. The van der Waals surface area contributed by atoms with Crippen LogP contribution < -0.4 is 0 Å². The van der Waals surface area contributed by atoms with Crippen molar-refractivity contribution in [2.24, 2.45) is 11.3 Å². The quantitative estimate of drug-likeness (QED) is 0.714. The Balaban J connectivity index is 1.98. The summed E-state index contributed by atoms with van der Waals surface area (Å²) in [5, 5.41) is 0. The van der Waals surface area contributed by atoms with E-state index < -0.39 is 0 Å². The average molecular weight is 267 g/mol. The van der Waals surface area contributed by atoms with Crippen LogP contribution in [0.2, 0.25) is 0 Å². The molecule has 0 radical (unpaired) electrons. The third-order valence-electron chi connectivity index (χ3n) is 3.54. The second kappa shape index (κ2) is 3.93. The zero-order chi connectivity index (χ0) is 11.1. The summed E-state index contributed by atoms with van der Waals surface area (Å²) in [5.74, 6) is 0.859. The van der Waals surface area contributed by atoms with Crippen LogP contribution in [0.5, 0.6) is 0 Å². The lowest BCUT2D eigenvalue weighted by Crippen LogP contribution is -2.09. The van der Waals surface area contributed by atoms with E-state index in [-0.39, 0.29) is 0 Å². The normalized spacial score (nSPS) is 24.9. The van der Waals surface area contributed by atoms with Crippen LogP contribution in [0.3, 0.4) is 0 Å². The molecule has 2 rings (SSSR count). The molecule has 0 nitrogen and oxygen atoms in total. The zero-order valence-electron chi connectivity index (χ0n) is 9.76. The molecule has 0 aromatic heterocycles. The monoisotopic (exact) mass is 266 g/mol. The number of aryl methyl sites for hydroxylation is 1. The Bertz CT molecular complexity index is 354. The molecule has 2 atom stereocenters. The maximum absolute atomic E-state index is 3.84. The van der Waals surface area contributed by atoms with E-state index in [2.05, 4.69) is 61.0 Å². The van der Waals surface area contributed by atoms with Crippen LogP contribution in [0.25, 0.3) is 0 Å². The predicted octanol–water partition coefficient (Wildman–Crippen LogP) is 4.35. The minimum atomic E-state index is 0.567. The van der Waals surface area contributed by atoms with Gasteiger partial charge in [0.1, 0.15) is 0 Å². The Kier molecular flexibility index (Phi) is 2.94. The maximum atomic E-state index is 3.84. The Morgan fingerprint density at radius 2 is 2.13 bits per heavy atom. The first-order valence-corrected chi connectivity index (χ1v) is 6.60. The van der Waals surface area contributed by atoms with Gasteiger partial charge in [-0.05, 0) is 36.7 Å². The van der Waals surface area contributed by atoms with Gasteiger partial charge >= 0.3 is 0 Å². The fourth-order valence-corrected chi connectivity index (χ4v) is 3.61. The number of halogens is 1. The first-order chi connectivity index (χ1) is 6.99. The Morgan fingerprint density at radius 1 is 1.47 bits per heavy atom. The van der Waals surface area contributed by atoms with Crippen molar-refractivity contribution in [3.05, 3.63) is 35.4 Å². The van der Waals surface area contributed by atoms with Crippen molar-refractivity contribution in [2.45, 2.75) is 38.4 Å². The molecular formula is C14H19Br. The summed E-state index contributed by atoms with van der Waals surface area (Å²) in [6.45, 7) is 6.89. The molecule has 0 bridgehead atoms. The molecule has 1 aromatic rings. The fourth-order valence-electron chi connectivity index (χ4n) is 2.33. The van der Waals surface area contributed by atoms with E-state index in [9.17, 15) is 0 Å². The van der Waals surface area contributed by atoms with E-state index >= 15 is 0 Å². The molecule has 1 saturated carbocycles. The largest absolute Gasteiger partial charge is 0.0884 e. The van der Waals surface area contributed by atoms with Crippen molar-refractivity contribution in [3.8, 4) is 0 Å². The SMILES string of the molecule is Cc1cccc(CC(Br)C2CC2(C)C)c1. The van der Waals surface area contributed by atoms with Crippen LogP contribution in [0.4, 0.5) is 0 Å². The average Bonchev–Trinajstić information content (AvgIpc) is 2.75. The van der Waals surface area contributed by atoms with E-state index in [1.807, 2.05) is 0 Å². The molecule has 2 unspecified atom stereocenters. The molecule has 0 saturated heterocycles. The summed E-state index contributed by atoms with van der Waals surface area (Å²) in [7, 11) is 0. The first-order valence-electron chi connectivity index (χ1n) is 5.69. The standard InChI is InChI=1S/C14H19Br/c1-10-5-4-6-11(7-10)8-13(15)12-9-14(12,2)3/h4-7,12-13H,8-9H2,1-3H3. The van der Waals surface area contributed by atoms with Gasteiger partial charge in [0, 0.05) is 4.83 Å². The Hall–Kier alpha value is -0.300. The second-order valence-electron chi connectivity index (χ2n) is 5.51. The molecular weight excluding hydrogens is 248 g/mol. The van der Waals surface area contributed by atoms with Crippen LogP contribution in [-0.2, 0) is 6.42 Å². The minimum Gasteiger partial charge on any atom is -0.0884 e. The minimum absolute atomic E-state index is 0.567. The van der Waals surface area contributed by atoms with E-state index in [0.29, 0.717) is 10.2 Å². The molecule has 15 heavy (non-hydrogen) atoms. The van der Waals surface area contributed by atoms with Gasteiger partial charge in [0.15, 0.2) is 0 Å². The molecule has 1 heteroatoms. The zero-order valence-corrected chi connectivity index (χ0v) is 11.3. The van der Waals surface area contributed by atoms with Gasteiger partial charge in [-0.25, -0.2) is 0 Å². The lowest BCUT2D eigenvalue weighted by molar-refractivity contribution is 0.546. The summed E-state index contributed by atoms with van der Waals surface area (Å²) in [4.78, 5) is 0.648. The Morgan fingerprint density at radius 3 is 2.67 bits per heavy atom. The van der Waals surface area contributed by atoms with E-state index in [4.69, 9.17) is 0 Å². The highest BCUT2D eigenvalue weighted by Crippen LogP contribution is 2.55. The topological polar surface area (TPSA) is 0 Å². The van der Waals surface area contributed by atoms with E-state index in [1.165, 1.54) is 17.5 Å². The molecule has 0 N–H and O–H groups in total. The van der Waals surface area contributed by atoms with Crippen molar-refractivity contribution >= 4 is 15.9 Å². The molecule has 0 amide bonds. The van der Waals surface area contributed by atoms with Crippen molar-refractivity contribution < 1.29 is 0 Å². The van der Waals surface area contributed by atoms with E-state index in [0.717, 1.165) is 12.3 Å². The summed E-state index contributed by atoms with van der Waals surface area (Å²) in [5.41, 5.74) is 3.39. The predicted molar refractivity (Wildman–Crippen MR) is 69.5 cm³/mol. The lowest BCUT2D eigenvalue weighted by atomic mass is 10.0. The molecule has 82 valence electrons. The van der Waals surface area contributed by atoms with Crippen molar-refractivity contribution in [2.75, 3.05) is 0 Å². The van der Waals surface area contributed by atoms with Gasteiger partial charge in [-0.2, -0.15) is 0 Å². The maximum Gasteiger partial charge on any atom is 0.0219 e. The molecule has 0 spiro atoms. The molecule has 1 aliphatic rings. The Labute approximate surface area is 101 Å². The molecule has 0 aliphatic heterocycles. The van der Waals surface area contributed by atoms with Crippen LogP contribution in [0, 0.1) is 18.3 Å². The van der Waals surface area contributed by atoms with Crippen LogP contribution in [0.1, 0.15) is 31.4 Å². The number of alkyl halides is 1. The molecule has 1 fully saturated rings. The number of hydrogen-bond acceptors (Lipinski definition) is 0. The molecule has 1 aliphatic carbocycles. The van der Waals surface area contributed by atoms with Crippen LogP contribution in [-0.4, -0.2) is 4.83 Å². The summed E-state index contributed by atoms with van der Waals surface area (Å²) < 4.78 is 0. The first kappa shape index (κ1) is 11.2. The highest BCUT2D eigenvalue weighted by Gasteiger charge is 2.48. The molecule has 0 heterocycles. The van der Waals surface area contributed by atoms with Crippen molar-refractivity contribution in [3.63, 3.8) is 0 Å². The van der Waals surface area contributed by atoms with Gasteiger partial charge < -0.3 is 0 Å². The van der Waals surface area contributed by atoms with Crippen molar-refractivity contribution in [1.29, 1.82) is 0 Å². The lowest BCUT2D eigenvalue weighted by Gasteiger charge is -2.12. The van der Waals surface area contributed by atoms with Gasteiger partial charge in [0.05, 0.1) is 0 Å². The van der Waals surface area contributed by atoms with Gasteiger partial charge in [-0.15, -0.1) is 0 Å². The van der Waals surface area contributed by atoms with Crippen LogP contribution in [0.15, 0.2) is 24.3 Å². The number of rotatable bonds is 3. The fraction of sp³-hybridized carbons (Fsp3) is 0.571. The van der Waals surface area contributed by atoms with Gasteiger partial charge in [0.25, 0.3) is 0 Å². The third kappa shape index (κ3) is 2.63. The highest BCUT2D eigenvalue weighted by atomic mass is 79.9. The summed E-state index contributed by atoms with van der Waals surface area (Å²) >= 11 is 3.84. The highest BCUT2D eigenvalue weighted by molar-refractivity contribution is 9.09. The van der Waals surface area contributed by atoms with Crippen molar-refractivity contribution in [1.82, 2.24) is 0 Å². The summed E-state index contributed by atoms with van der Waals surface area (Å²) in [6.07, 6.45) is 2.53. The third-order valence-corrected chi connectivity index (χ3v) is 4.50. The smallest absolute Gasteiger partial charge is 0.0219 e. The van der Waals surface area contributed by atoms with Gasteiger partial charge in [-0.3, -0.25) is 0 Å².